The minimum absolute atomic E-state index is 0.657. The van der Waals surface area contributed by atoms with Crippen LogP contribution in [0.3, 0.4) is 0 Å². The van der Waals surface area contributed by atoms with Gasteiger partial charge in [0.1, 0.15) is 0 Å². The van der Waals surface area contributed by atoms with E-state index >= 15 is 0 Å². The Kier molecular flexibility index (Phi) is 4.37. The van der Waals surface area contributed by atoms with Gasteiger partial charge in [0.2, 0.25) is 0 Å². The van der Waals surface area contributed by atoms with Gasteiger partial charge >= 0.3 is 0 Å². The lowest BCUT2D eigenvalue weighted by Gasteiger charge is -2.30. The summed E-state index contributed by atoms with van der Waals surface area (Å²) in [5, 5.41) is 6.26. The number of hydrogen-bond donors (Lipinski definition) is 1. The standard InChI is InChI=1S/C16H25NS/c1-2-4-7-13(8-5-3-1)17-15-9-6-10-16-14(15)11-12-18-16/h11-13,15,17H,1-10H2. The van der Waals surface area contributed by atoms with Gasteiger partial charge in [0.05, 0.1) is 0 Å². The zero-order valence-electron chi connectivity index (χ0n) is 11.3. The van der Waals surface area contributed by atoms with E-state index < -0.39 is 0 Å². The van der Waals surface area contributed by atoms with E-state index in [1.54, 1.807) is 10.4 Å². The number of hydrogen-bond acceptors (Lipinski definition) is 2. The molecule has 1 heterocycles. The lowest BCUT2D eigenvalue weighted by molar-refractivity contribution is 0.335. The van der Waals surface area contributed by atoms with E-state index in [1.807, 2.05) is 11.3 Å². The van der Waals surface area contributed by atoms with Crippen molar-refractivity contribution in [3.8, 4) is 0 Å². The molecule has 0 aromatic carbocycles. The van der Waals surface area contributed by atoms with Crippen molar-refractivity contribution in [3.63, 3.8) is 0 Å². The SMILES string of the molecule is c1cc2c(s1)CCCC2NC1CCCCCCC1. The maximum Gasteiger partial charge on any atom is 0.0333 e. The zero-order valence-corrected chi connectivity index (χ0v) is 12.1. The van der Waals surface area contributed by atoms with Crippen LogP contribution in [0.2, 0.25) is 0 Å². The quantitative estimate of drug-likeness (QED) is 0.806. The maximum atomic E-state index is 3.97. The summed E-state index contributed by atoms with van der Waals surface area (Å²) in [5.41, 5.74) is 1.62. The molecule has 100 valence electrons. The molecular formula is C16H25NS. The molecule has 0 radical (unpaired) electrons. The van der Waals surface area contributed by atoms with Gasteiger partial charge in [0, 0.05) is 17.0 Å². The first-order chi connectivity index (χ1) is 8.93. The van der Waals surface area contributed by atoms with E-state index in [-0.39, 0.29) is 0 Å². The summed E-state index contributed by atoms with van der Waals surface area (Å²) in [4.78, 5) is 1.64. The van der Waals surface area contributed by atoms with Crippen molar-refractivity contribution < 1.29 is 0 Å². The van der Waals surface area contributed by atoms with Gasteiger partial charge in [0.15, 0.2) is 0 Å². The Labute approximate surface area is 115 Å². The van der Waals surface area contributed by atoms with E-state index in [4.69, 9.17) is 0 Å². The molecule has 2 aliphatic carbocycles. The molecule has 0 aliphatic heterocycles. The van der Waals surface area contributed by atoms with Crippen molar-refractivity contribution in [2.45, 2.75) is 76.3 Å². The van der Waals surface area contributed by atoms with Gasteiger partial charge in [-0.1, -0.05) is 32.1 Å². The van der Waals surface area contributed by atoms with Gasteiger partial charge in [-0.3, -0.25) is 0 Å². The third-order valence-electron chi connectivity index (χ3n) is 4.59. The first-order valence-corrected chi connectivity index (χ1v) is 8.64. The van der Waals surface area contributed by atoms with Crippen LogP contribution in [0.15, 0.2) is 11.4 Å². The van der Waals surface area contributed by atoms with E-state index in [0.29, 0.717) is 6.04 Å². The number of rotatable bonds is 2. The second-order valence-corrected chi connectivity index (χ2v) is 6.95. The first-order valence-electron chi connectivity index (χ1n) is 7.76. The van der Waals surface area contributed by atoms with Crippen LogP contribution >= 0.6 is 11.3 Å². The number of aryl methyl sites for hydroxylation is 1. The second kappa shape index (κ2) is 6.21. The molecule has 1 saturated carbocycles. The average Bonchev–Trinajstić information content (AvgIpc) is 2.81. The summed E-state index contributed by atoms with van der Waals surface area (Å²) in [6.07, 6.45) is 14.1. The number of thiophene rings is 1. The normalized spacial score (nSPS) is 26.3. The largest absolute Gasteiger partial charge is 0.307 e. The van der Waals surface area contributed by atoms with Crippen molar-refractivity contribution in [1.29, 1.82) is 0 Å². The molecule has 0 bridgehead atoms. The molecular weight excluding hydrogens is 238 g/mol. The van der Waals surface area contributed by atoms with Crippen molar-refractivity contribution in [2.24, 2.45) is 0 Å². The molecule has 1 nitrogen and oxygen atoms in total. The molecule has 18 heavy (non-hydrogen) atoms. The summed E-state index contributed by atoms with van der Waals surface area (Å²) in [5.74, 6) is 0. The van der Waals surface area contributed by atoms with Crippen molar-refractivity contribution in [1.82, 2.24) is 5.32 Å². The Hall–Kier alpha value is -0.340. The van der Waals surface area contributed by atoms with Gasteiger partial charge in [-0.05, 0) is 49.1 Å². The predicted molar refractivity (Wildman–Crippen MR) is 79.2 cm³/mol. The number of nitrogens with one attached hydrogen (secondary N) is 1. The highest BCUT2D eigenvalue weighted by Crippen LogP contribution is 2.34. The van der Waals surface area contributed by atoms with Gasteiger partial charge in [-0.15, -0.1) is 11.3 Å². The lowest BCUT2D eigenvalue weighted by Crippen LogP contribution is -2.34. The monoisotopic (exact) mass is 263 g/mol. The molecule has 1 fully saturated rings. The van der Waals surface area contributed by atoms with E-state index in [0.717, 1.165) is 6.04 Å². The van der Waals surface area contributed by atoms with Crippen LogP contribution in [0.1, 0.15) is 74.3 Å². The molecule has 2 aliphatic rings. The summed E-state index contributed by atoms with van der Waals surface area (Å²) < 4.78 is 0. The van der Waals surface area contributed by atoms with Gasteiger partial charge < -0.3 is 5.32 Å². The van der Waals surface area contributed by atoms with Crippen LogP contribution in [-0.4, -0.2) is 6.04 Å². The smallest absolute Gasteiger partial charge is 0.0333 e. The topological polar surface area (TPSA) is 12.0 Å². The fourth-order valence-corrected chi connectivity index (χ4v) is 4.55. The zero-order chi connectivity index (χ0) is 12.2. The van der Waals surface area contributed by atoms with Gasteiger partial charge in [0.25, 0.3) is 0 Å². The Balaban J connectivity index is 1.62. The third-order valence-corrected chi connectivity index (χ3v) is 5.59. The highest BCUT2D eigenvalue weighted by Gasteiger charge is 2.23. The van der Waals surface area contributed by atoms with Crippen LogP contribution in [0, 0.1) is 0 Å². The van der Waals surface area contributed by atoms with Crippen LogP contribution in [0.5, 0.6) is 0 Å². The molecule has 3 rings (SSSR count). The molecule has 1 aromatic heterocycles. The Bertz CT molecular complexity index is 363. The third kappa shape index (κ3) is 2.97. The van der Waals surface area contributed by atoms with E-state index in [9.17, 15) is 0 Å². The first kappa shape index (κ1) is 12.7. The van der Waals surface area contributed by atoms with Crippen LogP contribution in [-0.2, 0) is 6.42 Å². The summed E-state index contributed by atoms with van der Waals surface area (Å²) >= 11 is 1.96. The highest BCUT2D eigenvalue weighted by atomic mass is 32.1. The maximum absolute atomic E-state index is 3.97. The number of fused-ring (bicyclic) bond motifs is 1. The summed E-state index contributed by atoms with van der Waals surface area (Å²) in [7, 11) is 0. The van der Waals surface area contributed by atoms with Crippen LogP contribution < -0.4 is 5.32 Å². The Morgan fingerprint density at radius 3 is 2.56 bits per heavy atom. The van der Waals surface area contributed by atoms with Crippen molar-refractivity contribution in [3.05, 3.63) is 21.9 Å². The molecule has 0 saturated heterocycles. The molecule has 0 spiro atoms. The second-order valence-electron chi connectivity index (χ2n) is 5.95. The minimum atomic E-state index is 0.657. The van der Waals surface area contributed by atoms with Crippen LogP contribution in [0.25, 0.3) is 0 Å². The fraction of sp³-hybridized carbons (Fsp3) is 0.750. The molecule has 0 amide bonds. The molecule has 1 atom stereocenters. The fourth-order valence-electron chi connectivity index (χ4n) is 3.57. The molecule has 2 heteroatoms. The van der Waals surface area contributed by atoms with Crippen LogP contribution in [0.4, 0.5) is 0 Å². The average molecular weight is 263 g/mol. The van der Waals surface area contributed by atoms with Crippen molar-refractivity contribution in [2.75, 3.05) is 0 Å². The highest BCUT2D eigenvalue weighted by molar-refractivity contribution is 7.10. The summed E-state index contributed by atoms with van der Waals surface area (Å²) in [6, 6.07) is 3.80. The van der Waals surface area contributed by atoms with Gasteiger partial charge in [-0.2, -0.15) is 0 Å². The molecule has 1 aromatic rings. The minimum Gasteiger partial charge on any atom is -0.307 e. The van der Waals surface area contributed by atoms with E-state index in [1.165, 1.54) is 64.2 Å². The Morgan fingerprint density at radius 2 is 1.72 bits per heavy atom. The molecule has 1 unspecified atom stereocenters. The molecule has 1 N–H and O–H groups in total. The summed E-state index contributed by atoms with van der Waals surface area (Å²) in [6.45, 7) is 0. The van der Waals surface area contributed by atoms with Crippen molar-refractivity contribution >= 4 is 11.3 Å². The van der Waals surface area contributed by atoms with E-state index in [2.05, 4.69) is 16.8 Å². The van der Waals surface area contributed by atoms with Gasteiger partial charge in [-0.25, -0.2) is 0 Å². The lowest BCUT2D eigenvalue weighted by atomic mass is 9.91. The Morgan fingerprint density at radius 1 is 0.944 bits per heavy atom. The predicted octanol–water partition coefficient (Wildman–Crippen LogP) is 4.83.